The first kappa shape index (κ1) is 80.9. The number of amides is 1. The van der Waals surface area contributed by atoms with Crippen LogP contribution < -0.4 is 5.32 Å². The number of carbonyl (C=O) groups is 1. The van der Waals surface area contributed by atoms with Gasteiger partial charge in [-0.2, -0.15) is 0 Å². The van der Waals surface area contributed by atoms with E-state index in [2.05, 4.69) is 12.2 Å². The fraction of sp³-hybridized carbons (Fsp3) is 0.983. The van der Waals surface area contributed by atoms with Gasteiger partial charge in [-0.15, -0.1) is 0 Å². The number of rotatable bonds is 47. The molecule has 0 aliphatic carbocycles. The average Bonchev–Trinajstić information content (AvgIpc) is 0.879. The second-order valence-corrected chi connectivity index (χ2v) is 24.0. The summed E-state index contributed by atoms with van der Waals surface area (Å²) < 4.78 is 84.0. The van der Waals surface area contributed by atoms with E-state index in [9.17, 15) is 86.5 Å². The van der Waals surface area contributed by atoms with E-state index >= 15 is 0 Å². The molecule has 0 aromatic heterocycles. The predicted octanol–water partition coefficient (Wildman–Crippen LogP) is -4.68. The summed E-state index contributed by atoms with van der Waals surface area (Å²) in [4.78, 5) is 12.6. The molecule has 92 heavy (non-hydrogen) atoms. The Hall–Kier alpha value is -1.73. The van der Waals surface area contributed by atoms with Gasteiger partial charge in [0.05, 0.1) is 59.5 Å². The Balaban J connectivity index is 1.30. The van der Waals surface area contributed by atoms with Crippen molar-refractivity contribution < 1.29 is 153 Å². The van der Waals surface area contributed by atoms with Crippen molar-refractivity contribution in [3.63, 3.8) is 0 Å². The SMILES string of the molecule is CCCCCCCCCCCC(=O)NCCCCCCO[C@H]1O[C@H](COCCCO[C@H]2O[C@H](CO)[C@@H](O)[C@H](O)[C@@H]2O)[C@@H](OCCCO[C@H]2O[C@H](CO)[C@@H](O)[C@H](O)[C@@H]2O)[C@H](OCCCO[C@H]2O[C@H](CO)[C@@H](O)[C@H](O)[C@@H]2O)[C@H]1OCCCO[C@H]1O[C@H](CO)[C@@H](O)[C@H](O)[C@@H]1O. The van der Waals surface area contributed by atoms with Crippen molar-refractivity contribution in [2.45, 2.75) is 276 Å². The molecule has 0 aromatic rings. The Morgan fingerprint density at radius 3 is 1.04 bits per heavy atom. The molecule has 5 saturated heterocycles. The summed E-state index contributed by atoms with van der Waals surface area (Å²) >= 11 is 0. The van der Waals surface area contributed by atoms with Crippen LogP contribution in [0.1, 0.15) is 122 Å². The Bertz CT molecular complexity index is 1890. The molecule has 5 rings (SSSR count). The van der Waals surface area contributed by atoms with Crippen molar-refractivity contribution in [1.82, 2.24) is 5.32 Å². The van der Waals surface area contributed by atoms with Crippen LogP contribution >= 0.6 is 0 Å². The van der Waals surface area contributed by atoms with Gasteiger partial charge in [0.25, 0.3) is 0 Å². The highest BCUT2D eigenvalue weighted by Crippen LogP contribution is 2.32. The lowest BCUT2D eigenvalue weighted by molar-refractivity contribution is -0.326. The van der Waals surface area contributed by atoms with Gasteiger partial charge < -0.3 is 153 Å². The van der Waals surface area contributed by atoms with E-state index in [1.807, 2.05) is 0 Å². The highest BCUT2D eigenvalue weighted by Gasteiger charge is 2.51. The van der Waals surface area contributed by atoms with Gasteiger partial charge in [-0.25, -0.2) is 0 Å². The van der Waals surface area contributed by atoms with E-state index < -0.39 is 180 Å². The maximum Gasteiger partial charge on any atom is 0.219 e. The molecule has 542 valence electrons. The predicted molar refractivity (Wildman–Crippen MR) is 315 cm³/mol. The first-order chi connectivity index (χ1) is 44.4. The van der Waals surface area contributed by atoms with Crippen LogP contribution in [0.15, 0.2) is 0 Å². The van der Waals surface area contributed by atoms with Gasteiger partial charge in [-0.05, 0) is 44.9 Å². The summed E-state index contributed by atoms with van der Waals surface area (Å²) in [7, 11) is 0. The molecule has 32 nitrogen and oxygen atoms in total. The maximum atomic E-state index is 12.6. The Labute approximate surface area is 537 Å². The minimum atomic E-state index is -1.69. The third-order valence-electron chi connectivity index (χ3n) is 16.8. The normalized spacial score (nSPS) is 37.0. The van der Waals surface area contributed by atoms with Crippen LogP contribution in [0.25, 0.3) is 0 Å². The van der Waals surface area contributed by atoms with E-state index in [0.29, 0.717) is 25.8 Å². The summed E-state index contributed by atoms with van der Waals surface area (Å²) in [6.45, 7) is -0.758. The average molecular weight is 1340 g/mol. The summed E-state index contributed by atoms with van der Waals surface area (Å²) in [5.74, 6) is 0.0268. The molecule has 32 heteroatoms. The molecule has 5 aliphatic rings. The molecule has 0 aromatic carbocycles. The molecule has 25 atom stereocenters. The summed E-state index contributed by atoms with van der Waals surface area (Å²) in [5, 5.41) is 167. The number of nitrogens with one attached hydrogen (secondary N) is 1. The lowest BCUT2D eigenvalue weighted by Gasteiger charge is -2.46. The number of aliphatic hydroxyl groups excluding tert-OH is 16. The molecule has 0 radical (unpaired) electrons. The Kier molecular flexibility index (Phi) is 39.6. The summed E-state index contributed by atoms with van der Waals surface area (Å²) in [5.41, 5.74) is 0. The zero-order chi connectivity index (χ0) is 67.0. The molecule has 17 N–H and O–H groups in total. The van der Waals surface area contributed by atoms with Gasteiger partial charge in [0.15, 0.2) is 31.5 Å². The third kappa shape index (κ3) is 25.8. The van der Waals surface area contributed by atoms with Crippen LogP contribution in [0.2, 0.25) is 0 Å². The number of unbranched alkanes of at least 4 members (excludes halogenated alkanes) is 11. The van der Waals surface area contributed by atoms with Crippen molar-refractivity contribution in [2.75, 3.05) is 99.0 Å². The highest BCUT2D eigenvalue weighted by molar-refractivity contribution is 5.75. The maximum absolute atomic E-state index is 12.6. The molecule has 0 spiro atoms. The van der Waals surface area contributed by atoms with Gasteiger partial charge >= 0.3 is 0 Å². The smallest absolute Gasteiger partial charge is 0.219 e. The lowest BCUT2D eigenvalue weighted by atomic mass is 9.98. The van der Waals surface area contributed by atoms with Crippen molar-refractivity contribution in [3.8, 4) is 0 Å². The molecule has 1 amide bonds. The number of hydrogen-bond donors (Lipinski definition) is 17. The fourth-order valence-electron chi connectivity index (χ4n) is 11.2. The molecule has 0 unspecified atom stereocenters. The molecule has 0 saturated carbocycles. The van der Waals surface area contributed by atoms with Crippen molar-refractivity contribution in [3.05, 3.63) is 0 Å². The molecule has 5 fully saturated rings. The van der Waals surface area contributed by atoms with E-state index in [1.54, 1.807) is 0 Å². The largest absolute Gasteiger partial charge is 0.394 e. The fourth-order valence-corrected chi connectivity index (χ4v) is 11.2. The van der Waals surface area contributed by atoms with Crippen molar-refractivity contribution >= 4 is 5.91 Å². The van der Waals surface area contributed by atoms with Crippen LogP contribution in [0, 0.1) is 0 Å². The summed E-state index contributed by atoms with van der Waals surface area (Å²) in [6.07, 6.45) is -21.6. The molecule has 5 heterocycles. The van der Waals surface area contributed by atoms with E-state index in [0.717, 1.165) is 32.1 Å². The second-order valence-electron chi connectivity index (χ2n) is 24.0. The first-order valence-corrected chi connectivity index (χ1v) is 33.1. The van der Waals surface area contributed by atoms with Gasteiger partial charge in [-0.1, -0.05) is 71.1 Å². The van der Waals surface area contributed by atoms with Gasteiger partial charge in [0, 0.05) is 46.0 Å². The highest BCUT2D eigenvalue weighted by atomic mass is 16.7. The minimum Gasteiger partial charge on any atom is -0.394 e. The minimum absolute atomic E-state index is 0.0113. The quantitative estimate of drug-likeness (QED) is 0.0255. The molecular formula is C60H111NO31. The molecular weight excluding hydrogens is 1230 g/mol. The van der Waals surface area contributed by atoms with Crippen LogP contribution in [0.5, 0.6) is 0 Å². The Morgan fingerprint density at radius 1 is 0.315 bits per heavy atom. The standard InChI is InChI=1S/C60H111NO31/c1-2-3-4-5-6-7-8-9-12-19-40(66)61-20-13-10-11-14-22-87-60-55(82-25-18-29-86-59-52(78)48(74)44(70)38(33-65)91-59)54(81-24-17-28-85-58-51(77)47(73)43(69)37(32-64)90-58)53(80-23-16-27-84-57-50(76)46(72)42(68)36(31-63)89-57)39(92-60)34-79-21-15-26-83-56-49(75)45(71)41(67)35(30-62)88-56/h35-39,41-60,62-65,67-78H,2-34H2,1H3,(H,61,66)/t35-,36-,37-,38-,39-,41-,42-,43-,44-,45+,46+,47+,48+,49+,50+,51+,52+,53-,54+,55-,56+,57+,58+,59+,60+/m1/s1. The number of carbonyl (C=O) groups excluding carboxylic acids is 1. The first-order valence-electron chi connectivity index (χ1n) is 33.1. The number of hydrogen-bond acceptors (Lipinski definition) is 31. The van der Waals surface area contributed by atoms with Crippen molar-refractivity contribution in [1.29, 1.82) is 0 Å². The molecule has 0 bridgehead atoms. The number of aliphatic hydroxyl groups is 16. The van der Waals surface area contributed by atoms with Gasteiger partial charge in [0.1, 0.15) is 122 Å². The van der Waals surface area contributed by atoms with Gasteiger partial charge in [-0.3, -0.25) is 4.79 Å². The zero-order valence-electron chi connectivity index (χ0n) is 53.0. The van der Waals surface area contributed by atoms with E-state index in [1.165, 1.54) is 38.5 Å². The third-order valence-corrected chi connectivity index (χ3v) is 16.8. The van der Waals surface area contributed by atoms with Crippen LogP contribution in [0.4, 0.5) is 0 Å². The monoisotopic (exact) mass is 1340 g/mol. The topological polar surface area (TPSA) is 482 Å². The van der Waals surface area contributed by atoms with Crippen LogP contribution in [-0.4, -0.2) is 340 Å². The van der Waals surface area contributed by atoms with Crippen LogP contribution in [0.3, 0.4) is 0 Å². The van der Waals surface area contributed by atoms with Gasteiger partial charge in [0.2, 0.25) is 5.91 Å². The van der Waals surface area contributed by atoms with Crippen molar-refractivity contribution in [2.24, 2.45) is 0 Å². The van der Waals surface area contributed by atoms with E-state index in [-0.39, 0.29) is 97.7 Å². The lowest BCUT2D eigenvalue weighted by Crippen LogP contribution is -2.62. The second kappa shape index (κ2) is 45.0. The number of ether oxygens (including phenoxy) is 14. The molecule has 5 aliphatic heterocycles. The van der Waals surface area contributed by atoms with Crippen LogP contribution in [-0.2, 0) is 71.1 Å². The zero-order valence-corrected chi connectivity index (χ0v) is 53.0. The summed E-state index contributed by atoms with van der Waals surface area (Å²) in [6, 6.07) is 0. The Morgan fingerprint density at radius 2 is 0.630 bits per heavy atom. The van der Waals surface area contributed by atoms with E-state index in [4.69, 9.17) is 66.3 Å².